The molecule has 4 N–H and O–H groups in total. The molecule has 6 heteroatoms. The summed E-state index contributed by atoms with van der Waals surface area (Å²) in [5, 5.41) is 24.5. The van der Waals surface area contributed by atoms with Crippen LogP contribution in [0.2, 0.25) is 0 Å². The van der Waals surface area contributed by atoms with Gasteiger partial charge in [-0.25, -0.2) is 0 Å². The van der Waals surface area contributed by atoms with Gasteiger partial charge in [-0.2, -0.15) is 0 Å². The first-order valence-electron chi connectivity index (χ1n) is 7.13. The van der Waals surface area contributed by atoms with Crippen LogP contribution < -0.4 is 10.6 Å². The molecule has 0 aliphatic heterocycles. The lowest BCUT2D eigenvalue weighted by Crippen LogP contribution is -2.34. The number of rotatable bonds is 5. The van der Waals surface area contributed by atoms with Crippen molar-refractivity contribution in [3.05, 3.63) is 59.2 Å². The van der Waals surface area contributed by atoms with Gasteiger partial charge < -0.3 is 20.8 Å². The molecular formula is C17H18N2O4. The van der Waals surface area contributed by atoms with Gasteiger partial charge >= 0.3 is 0 Å². The van der Waals surface area contributed by atoms with E-state index >= 15 is 0 Å². The third-order valence-electron chi connectivity index (χ3n) is 3.24. The molecule has 6 nitrogen and oxygen atoms in total. The summed E-state index contributed by atoms with van der Waals surface area (Å²) in [6.07, 6.45) is 0. The average Bonchev–Trinajstić information content (AvgIpc) is 2.53. The summed E-state index contributed by atoms with van der Waals surface area (Å²) in [6.45, 7) is 2.22. The second-order valence-electron chi connectivity index (χ2n) is 5.05. The molecule has 0 heterocycles. The topological polar surface area (TPSA) is 98.7 Å². The van der Waals surface area contributed by atoms with E-state index in [-0.39, 0.29) is 35.7 Å². The Morgan fingerprint density at radius 3 is 2.09 bits per heavy atom. The molecule has 2 aromatic carbocycles. The third kappa shape index (κ3) is 4.23. The van der Waals surface area contributed by atoms with Gasteiger partial charge in [0.15, 0.2) is 0 Å². The van der Waals surface area contributed by atoms with Crippen LogP contribution >= 0.6 is 0 Å². The van der Waals surface area contributed by atoms with Crippen LogP contribution in [-0.2, 0) is 0 Å². The van der Waals surface area contributed by atoms with Crippen molar-refractivity contribution in [3.63, 3.8) is 0 Å². The molecule has 0 atom stereocenters. The molecule has 0 spiro atoms. The zero-order valence-corrected chi connectivity index (χ0v) is 12.7. The average molecular weight is 314 g/mol. The van der Waals surface area contributed by atoms with E-state index in [1.54, 1.807) is 24.3 Å². The lowest BCUT2D eigenvalue weighted by atomic mass is 10.1. The van der Waals surface area contributed by atoms with Gasteiger partial charge in [-0.3, -0.25) is 9.59 Å². The van der Waals surface area contributed by atoms with Crippen molar-refractivity contribution in [1.82, 2.24) is 10.6 Å². The number of aryl methyl sites for hydroxylation is 1. The molecule has 120 valence electrons. The van der Waals surface area contributed by atoms with Crippen LogP contribution in [0.5, 0.6) is 11.5 Å². The number of aromatic hydroxyl groups is 2. The fourth-order valence-electron chi connectivity index (χ4n) is 2.04. The van der Waals surface area contributed by atoms with E-state index in [0.717, 1.165) is 5.56 Å². The van der Waals surface area contributed by atoms with Crippen molar-refractivity contribution >= 4 is 11.8 Å². The van der Waals surface area contributed by atoms with Crippen molar-refractivity contribution in [2.45, 2.75) is 6.92 Å². The van der Waals surface area contributed by atoms with Crippen LogP contribution in [0, 0.1) is 6.92 Å². The molecule has 0 aromatic heterocycles. The number of para-hydroxylation sites is 1. The van der Waals surface area contributed by atoms with Gasteiger partial charge in [0.25, 0.3) is 11.8 Å². The van der Waals surface area contributed by atoms with Crippen molar-refractivity contribution in [3.8, 4) is 11.5 Å². The van der Waals surface area contributed by atoms with Crippen LogP contribution in [0.15, 0.2) is 42.5 Å². The molecule has 0 saturated heterocycles. The van der Waals surface area contributed by atoms with Crippen LogP contribution in [0.1, 0.15) is 26.3 Å². The van der Waals surface area contributed by atoms with Gasteiger partial charge in [0.1, 0.15) is 11.5 Å². The molecule has 0 radical (unpaired) electrons. The SMILES string of the molecule is Cc1ccc(O)c(C(=O)NCCNC(=O)c2ccccc2O)c1. The second-order valence-corrected chi connectivity index (χ2v) is 5.05. The Morgan fingerprint density at radius 1 is 0.870 bits per heavy atom. The summed E-state index contributed by atoms with van der Waals surface area (Å²) in [6, 6.07) is 11.0. The summed E-state index contributed by atoms with van der Waals surface area (Å²) in [5.74, 6) is -1.02. The minimum Gasteiger partial charge on any atom is -0.507 e. The van der Waals surface area contributed by atoms with Crippen LogP contribution in [-0.4, -0.2) is 35.1 Å². The van der Waals surface area contributed by atoms with Gasteiger partial charge in [-0.15, -0.1) is 0 Å². The summed E-state index contributed by atoms with van der Waals surface area (Å²) in [7, 11) is 0. The molecule has 0 aliphatic rings. The van der Waals surface area contributed by atoms with Crippen molar-refractivity contribution in [2.75, 3.05) is 13.1 Å². The second kappa shape index (κ2) is 7.31. The van der Waals surface area contributed by atoms with E-state index in [9.17, 15) is 19.8 Å². The number of nitrogens with one attached hydrogen (secondary N) is 2. The molecular weight excluding hydrogens is 296 g/mol. The summed E-state index contributed by atoms with van der Waals surface area (Å²) in [4.78, 5) is 23.8. The first-order chi connectivity index (χ1) is 11.0. The maximum atomic E-state index is 12.0. The maximum Gasteiger partial charge on any atom is 0.255 e. The highest BCUT2D eigenvalue weighted by Gasteiger charge is 2.12. The molecule has 0 unspecified atom stereocenters. The summed E-state index contributed by atoms with van der Waals surface area (Å²) < 4.78 is 0. The normalized spacial score (nSPS) is 10.1. The van der Waals surface area contributed by atoms with Crippen molar-refractivity contribution in [1.29, 1.82) is 0 Å². The Morgan fingerprint density at radius 2 is 1.43 bits per heavy atom. The van der Waals surface area contributed by atoms with E-state index in [0.29, 0.717) is 0 Å². The molecule has 0 aliphatic carbocycles. The van der Waals surface area contributed by atoms with Crippen molar-refractivity contribution < 1.29 is 19.8 Å². The molecule has 0 bridgehead atoms. The molecule has 2 rings (SSSR count). The lowest BCUT2D eigenvalue weighted by molar-refractivity contribution is 0.0924. The van der Waals surface area contributed by atoms with E-state index in [1.165, 1.54) is 18.2 Å². The number of benzene rings is 2. The third-order valence-corrected chi connectivity index (χ3v) is 3.24. The Bertz CT molecular complexity index is 728. The number of hydrogen-bond acceptors (Lipinski definition) is 4. The van der Waals surface area contributed by atoms with Crippen LogP contribution in [0.3, 0.4) is 0 Å². The number of carbonyl (C=O) groups is 2. The first-order valence-corrected chi connectivity index (χ1v) is 7.13. The first kappa shape index (κ1) is 16.4. The predicted molar refractivity (Wildman–Crippen MR) is 85.6 cm³/mol. The van der Waals surface area contributed by atoms with E-state index in [4.69, 9.17) is 0 Å². The van der Waals surface area contributed by atoms with Crippen LogP contribution in [0.25, 0.3) is 0 Å². The number of phenolic OH excluding ortho intramolecular Hbond substituents is 2. The Labute approximate surface area is 133 Å². The summed E-state index contributed by atoms with van der Waals surface area (Å²) >= 11 is 0. The van der Waals surface area contributed by atoms with Gasteiger partial charge in [-0.1, -0.05) is 23.8 Å². The Hall–Kier alpha value is -3.02. The largest absolute Gasteiger partial charge is 0.507 e. The highest BCUT2D eigenvalue weighted by atomic mass is 16.3. The van der Waals surface area contributed by atoms with Crippen molar-refractivity contribution in [2.24, 2.45) is 0 Å². The van der Waals surface area contributed by atoms with E-state index in [2.05, 4.69) is 10.6 Å². The van der Waals surface area contributed by atoms with E-state index in [1.807, 2.05) is 6.92 Å². The predicted octanol–water partition coefficient (Wildman–Crippen LogP) is 1.57. The number of phenols is 2. The number of hydrogen-bond donors (Lipinski definition) is 4. The number of amides is 2. The standard InChI is InChI=1S/C17H18N2O4/c1-11-6-7-15(21)13(10-11)17(23)19-9-8-18-16(22)12-4-2-3-5-14(12)20/h2-7,10,20-21H,8-9H2,1H3,(H,18,22)(H,19,23). The fourth-order valence-corrected chi connectivity index (χ4v) is 2.04. The van der Waals surface area contributed by atoms with Gasteiger partial charge in [-0.05, 0) is 31.2 Å². The molecule has 2 aromatic rings. The van der Waals surface area contributed by atoms with Gasteiger partial charge in [0.2, 0.25) is 0 Å². The molecule has 2 amide bonds. The monoisotopic (exact) mass is 314 g/mol. The number of carbonyl (C=O) groups excluding carboxylic acids is 2. The smallest absolute Gasteiger partial charge is 0.255 e. The zero-order valence-electron chi connectivity index (χ0n) is 12.7. The minimum atomic E-state index is -0.421. The maximum absolute atomic E-state index is 12.0. The molecule has 0 fully saturated rings. The lowest BCUT2D eigenvalue weighted by Gasteiger charge is -2.09. The molecule has 0 saturated carbocycles. The summed E-state index contributed by atoms with van der Waals surface area (Å²) in [5.41, 5.74) is 1.23. The highest BCUT2D eigenvalue weighted by Crippen LogP contribution is 2.17. The Balaban J connectivity index is 1.83. The highest BCUT2D eigenvalue weighted by molar-refractivity contribution is 5.97. The minimum absolute atomic E-state index is 0.0913. The molecule has 23 heavy (non-hydrogen) atoms. The van der Waals surface area contributed by atoms with Gasteiger partial charge in [0.05, 0.1) is 11.1 Å². The Kier molecular flexibility index (Phi) is 5.19. The van der Waals surface area contributed by atoms with E-state index < -0.39 is 11.8 Å². The zero-order chi connectivity index (χ0) is 16.8. The van der Waals surface area contributed by atoms with Crippen LogP contribution in [0.4, 0.5) is 0 Å². The van der Waals surface area contributed by atoms with Gasteiger partial charge in [0, 0.05) is 13.1 Å². The quantitative estimate of drug-likeness (QED) is 0.630. The fraction of sp³-hybridized carbons (Fsp3) is 0.176.